The topological polar surface area (TPSA) is 92.8 Å². The number of amides is 1. The van der Waals surface area contributed by atoms with E-state index in [1.807, 2.05) is 12.1 Å². The van der Waals surface area contributed by atoms with Crippen molar-refractivity contribution < 1.29 is 13.9 Å². The Kier molecular flexibility index (Phi) is 4.67. The number of rotatable bonds is 4. The smallest absolute Gasteiger partial charge is 0.222 e. The number of hydrogen-bond acceptors (Lipinski definition) is 5. The molecule has 4 heterocycles. The third-order valence-electron chi connectivity index (χ3n) is 4.47. The van der Waals surface area contributed by atoms with Gasteiger partial charge < -0.3 is 15.0 Å². The average molecular weight is 391 g/mol. The molecule has 146 valence electrons. The molecule has 0 radical (unpaired) electrons. The minimum Gasteiger partial charge on any atom is -0.495 e. The maximum atomic E-state index is 13.8. The number of nitrogens with one attached hydrogen (secondary N) is 2. The van der Waals surface area contributed by atoms with Gasteiger partial charge >= 0.3 is 0 Å². The largest absolute Gasteiger partial charge is 0.495 e. The first kappa shape index (κ1) is 18.5. The fraction of sp³-hybridized carbons (Fsp3) is 0.143. The molecule has 0 saturated carbocycles. The highest BCUT2D eigenvalue weighted by Crippen LogP contribution is 2.38. The van der Waals surface area contributed by atoms with Crippen LogP contribution >= 0.6 is 0 Å². The van der Waals surface area contributed by atoms with Crippen molar-refractivity contribution in [3.05, 3.63) is 54.2 Å². The molecular formula is C21H18FN5O2. The van der Waals surface area contributed by atoms with E-state index in [9.17, 15) is 9.18 Å². The van der Waals surface area contributed by atoms with Gasteiger partial charge in [-0.25, -0.2) is 14.4 Å². The molecule has 7 nitrogen and oxygen atoms in total. The van der Waals surface area contributed by atoms with Gasteiger partial charge in [-0.15, -0.1) is 0 Å². The molecule has 2 N–H and O–H groups in total. The van der Waals surface area contributed by atoms with E-state index in [1.165, 1.54) is 13.0 Å². The zero-order valence-corrected chi connectivity index (χ0v) is 16.1. The highest BCUT2D eigenvalue weighted by Gasteiger charge is 2.19. The van der Waals surface area contributed by atoms with Gasteiger partial charge in [-0.3, -0.25) is 9.78 Å². The van der Waals surface area contributed by atoms with Crippen molar-refractivity contribution in [2.45, 2.75) is 13.8 Å². The molecule has 4 rings (SSSR count). The molecule has 0 spiro atoms. The molecule has 0 aliphatic heterocycles. The van der Waals surface area contributed by atoms with Crippen LogP contribution in [0.25, 0.3) is 33.5 Å². The number of aryl methyl sites for hydroxylation is 1. The highest BCUT2D eigenvalue weighted by atomic mass is 19.1. The van der Waals surface area contributed by atoms with Gasteiger partial charge in [0.15, 0.2) is 0 Å². The lowest BCUT2D eigenvalue weighted by atomic mass is 10.0. The van der Waals surface area contributed by atoms with E-state index in [-0.39, 0.29) is 11.7 Å². The lowest BCUT2D eigenvalue weighted by Gasteiger charge is -2.08. The summed E-state index contributed by atoms with van der Waals surface area (Å²) in [7, 11) is 1.57. The first-order valence-electron chi connectivity index (χ1n) is 8.89. The summed E-state index contributed by atoms with van der Waals surface area (Å²) in [6, 6.07) is 8.41. The van der Waals surface area contributed by atoms with Crippen molar-refractivity contribution in [2.75, 3.05) is 12.4 Å². The molecule has 0 aliphatic rings. The summed E-state index contributed by atoms with van der Waals surface area (Å²) in [6.07, 6.45) is 3.22. The van der Waals surface area contributed by atoms with Crippen LogP contribution in [0, 0.1) is 12.7 Å². The molecule has 0 unspecified atom stereocenters. The van der Waals surface area contributed by atoms with Crippen molar-refractivity contribution in [1.29, 1.82) is 0 Å². The minimum atomic E-state index is -0.373. The summed E-state index contributed by atoms with van der Waals surface area (Å²) in [4.78, 5) is 27.9. The van der Waals surface area contributed by atoms with Crippen molar-refractivity contribution >= 4 is 22.8 Å². The number of halogens is 1. The third kappa shape index (κ3) is 3.52. The molecular weight excluding hydrogens is 373 g/mol. The summed E-state index contributed by atoms with van der Waals surface area (Å²) >= 11 is 0. The number of nitrogens with zero attached hydrogens (tertiary/aromatic N) is 3. The van der Waals surface area contributed by atoms with Crippen LogP contribution in [0.3, 0.4) is 0 Å². The molecule has 0 fully saturated rings. The Morgan fingerprint density at radius 1 is 1.21 bits per heavy atom. The van der Waals surface area contributed by atoms with E-state index in [0.29, 0.717) is 28.5 Å². The van der Waals surface area contributed by atoms with Crippen molar-refractivity contribution in [3.8, 4) is 28.3 Å². The lowest BCUT2D eigenvalue weighted by molar-refractivity contribution is -0.114. The Morgan fingerprint density at radius 2 is 2.03 bits per heavy atom. The van der Waals surface area contributed by atoms with Crippen LogP contribution < -0.4 is 10.1 Å². The van der Waals surface area contributed by atoms with Crippen LogP contribution in [0.15, 0.2) is 42.7 Å². The number of aromatic amines is 1. The summed E-state index contributed by atoms with van der Waals surface area (Å²) in [5.74, 6) is 0.442. The fourth-order valence-electron chi connectivity index (χ4n) is 3.15. The van der Waals surface area contributed by atoms with E-state index >= 15 is 0 Å². The monoisotopic (exact) mass is 391 g/mol. The highest BCUT2D eigenvalue weighted by molar-refractivity contribution is 6.01. The van der Waals surface area contributed by atoms with Gasteiger partial charge in [0, 0.05) is 24.8 Å². The number of fused-ring (bicyclic) bond motifs is 1. The van der Waals surface area contributed by atoms with E-state index in [0.717, 1.165) is 22.3 Å². The van der Waals surface area contributed by atoms with Crippen LogP contribution in [0.2, 0.25) is 0 Å². The second kappa shape index (κ2) is 7.31. The van der Waals surface area contributed by atoms with E-state index in [4.69, 9.17) is 4.74 Å². The Hall–Kier alpha value is -3.81. The van der Waals surface area contributed by atoms with Crippen molar-refractivity contribution in [2.24, 2.45) is 0 Å². The Labute approximate surface area is 166 Å². The first-order chi connectivity index (χ1) is 14.0. The number of carbonyl (C=O) groups excluding carboxylic acids is 1. The maximum absolute atomic E-state index is 13.8. The maximum Gasteiger partial charge on any atom is 0.222 e. The van der Waals surface area contributed by atoms with Gasteiger partial charge in [-0.2, -0.15) is 0 Å². The van der Waals surface area contributed by atoms with Gasteiger partial charge in [0.2, 0.25) is 5.91 Å². The molecule has 0 aromatic carbocycles. The van der Waals surface area contributed by atoms with Gasteiger partial charge in [-0.05, 0) is 31.2 Å². The summed E-state index contributed by atoms with van der Waals surface area (Å²) in [5.41, 5.74) is 4.54. The number of aromatic nitrogens is 4. The van der Waals surface area contributed by atoms with Gasteiger partial charge in [-0.1, -0.05) is 0 Å². The van der Waals surface area contributed by atoms with Crippen LogP contribution in [-0.2, 0) is 4.79 Å². The number of carbonyl (C=O) groups is 1. The predicted molar refractivity (Wildman–Crippen MR) is 108 cm³/mol. The molecule has 0 bridgehead atoms. The van der Waals surface area contributed by atoms with Crippen LogP contribution in [0.4, 0.5) is 10.2 Å². The van der Waals surface area contributed by atoms with E-state index in [2.05, 4.69) is 25.3 Å². The fourth-order valence-corrected chi connectivity index (χ4v) is 3.15. The molecule has 0 aliphatic carbocycles. The zero-order chi connectivity index (χ0) is 20.5. The third-order valence-corrected chi connectivity index (χ3v) is 4.47. The number of pyridine rings is 3. The lowest BCUT2D eigenvalue weighted by Crippen LogP contribution is -2.07. The summed E-state index contributed by atoms with van der Waals surface area (Å²) in [6.45, 7) is 3.04. The Morgan fingerprint density at radius 3 is 2.76 bits per heavy atom. The number of ether oxygens (including phenoxy) is 1. The molecule has 4 aromatic heterocycles. The molecule has 4 aromatic rings. The minimum absolute atomic E-state index is 0.214. The second-order valence-electron chi connectivity index (χ2n) is 6.52. The van der Waals surface area contributed by atoms with Crippen molar-refractivity contribution in [1.82, 2.24) is 19.9 Å². The van der Waals surface area contributed by atoms with Crippen LogP contribution in [0.5, 0.6) is 5.75 Å². The van der Waals surface area contributed by atoms with Crippen LogP contribution in [-0.4, -0.2) is 33.0 Å². The normalized spacial score (nSPS) is 10.9. The summed E-state index contributed by atoms with van der Waals surface area (Å²) < 4.78 is 19.1. The van der Waals surface area contributed by atoms with Gasteiger partial charge in [0.25, 0.3) is 0 Å². The Balaban J connectivity index is 1.97. The molecule has 0 saturated heterocycles. The zero-order valence-electron chi connectivity index (χ0n) is 16.1. The van der Waals surface area contributed by atoms with Gasteiger partial charge in [0.05, 0.1) is 47.0 Å². The van der Waals surface area contributed by atoms with E-state index < -0.39 is 0 Å². The number of methoxy groups -OCH3 is 1. The summed E-state index contributed by atoms with van der Waals surface area (Å²) in [5, 5.41) is 2.68. The molecule has 29 heavy (non-hydrogen) atoms. The Bertz CT molecular complexity index is 1240. The molecule has 0 atom stereocenters. The number of anilines is 1. The average Bonchev–Trinajstić information content (AvgIpc) is 3.08. The number of H-pyrrole nitrogens is 1. The predicted octanol–water partition coefficient (Wildman–Crippen LogP) is 4.10. The SMILES string of the molecule is COc1cnc2c(-c3ccc(F)c(C)n3)c(-c3ccnc(NC(C)=O)c3)[nH]c2c1. The van der Waals surface area contributed by atoms with E-state index in [1.54, 1.807) is 38.6 Å². The molecule has 8 heteroatoms. The van der Waals surface area contributed by atoms with Crippen LogP contribution in [0.1, 0.15) is 12.6 Å². The number of hydrogen-bond donors (Lipinski definition) is 2. The van der Waals surface area contributed by atoms with Gasteiger partial charge in [0.1, 0.15) is 17.4 Å². The quantitative estimate of drug-likeness (QED) is 0.546. The standard InChI is InChI=1S/C21H18FN5O2/c1-11-15(22)4-5-16(25-11)19-20(13-6-7-23-18(8-13)26-12(2)28)27-17-9-14(29-3)10-24-21(17)19/h4-10,27H,1-3H3,(H,23,26,28). The second-order valence-corrected chi connectivity index (χ2v) is 6.52. The first-order valence-corrected chi connectivity index (χ1v) is 8.89. The van der Waals surface area contributed by atoms with Crippen molar-refractivity contribution in [3.63, 3.8) is 0 Å². The molecule has 1 amide bonds.